The second kappa shape index (κ2) is 8.75. The number of amides is 1. The summed E-state index contributed by atoms with van der Waals surface area (Å²) in [6, 6.07) is 13.6. The van der Waals surface area contributed by atoms with Crippen LogP contribution in [0.3, 0.4) is 0 Å². The van der Waals surface area contributed by atoms with Gasteiger partial charge in [0.25, 0.3) is 18.0 Å². The fourth-order valence-corrected chi connectivity index (χ4v) is 3.69. The monoisotopic (exact) mass is 479 g/mol. The molecule has 9 nitrogen and oxygen atoms in total. The van der Waals surface area contributed by atoms with Crippen LogP contribution in [0.25, 0.3) is 5.65 Å². The molecule has 1 saturated carbocycles. The van der Waals surface area contributed by atoms with Crippen LogP contribution in [0.5, 0.6) is 11.5 Å². The van der Waals surface area contributed by atoms with Gasteiger partial charge in [0.1, 0.15) is 17.2 Å². The van der Waals surface area contributed by atoms with E-state index in [-0.39, 0.29) is 40.1 Å². The number of hydrogen-bond acceptors (Lipinski definition) is 6. The number of fused-ring (bicyclic) bond motifs is 1. The summed E-state index contributed by atoms with van der Waals surface area (Å²) >= 11 is 0. The molecule has 0 unspecified atom stereocenters. The standard InChI is InChI=1S/C24H19F2N5O4/c1-13-4-2-3-5-21(13)35-17-9-15(8-16(10-17)31(33)34)27-24(32)19-12-22-28-18(14-6-7-14)11-20(23(25)26)30(22)29-19/h2-5,8-12,14,23H,6-7H2,1H3,(H,27,32). The molecule has 35 heavy (non-hydrogen) atoms. The highest BCUT2D eigenvalue weighted by Gasteiger charge is 2.28. The highest BCUT2D eigenvalue weighted by atomic mass is 19.3. The Kier molecular flexibility index (Phi) is 5.59. The van der Waals surface area contributed by atoms with Crippen LogP contribution in [0.1, 0.15) is 52.6 Å². The lowest BCUT2D eigenvalue weighted by atomic mass is 10.2. The Balaban J connectivity index is 1.46. The maximum absolute atomic E-state index is 13.6. The molecule has 0 bridgehead atoms. The van der Waals surface area contributed by atoms with Gasteiger partial charge in [-0.15, -0.1) is 0 Å². The Morgan fingerprint density at radius 2 is 1.97 bits per heavy atom. The quantitative estimate of drug-likeness (QED) is 0.265. The smallest absolute Gasteiger partial charge is 0.280 e. The van der Waals surface area contributed by atoms with Crippen molar-refractivity contribution >= 4 is 22.9 Å². The first-order valence-corrected chi connectivity index (χ1v) is 10.8. The summed E-state index contributed by atoms with van der Waals surface area (Å²) in [5.74, 6) is 0.0597. The number of non-ortho nitro benzene ring substituents is 1. The first kappa shape index (κ1) is 22.4. The van der Waals surface area contributed by atoms with Crippen molar-refractivity contribution in [1.82, 2.24) is 14.6 Å². The molecule has 1 aliphatic rings. The minimum Gasteiger partial charge on any atom is -0.457 e. The van der Waals surface area contributed by atoms with Gasteiger partial charge in [0.05, 0.1) is 16.7 Å². The summed E-state index contributed by atoms with van der Waals surface area (Å²) in [6.45, 7) is 1.83. The van der Waals surface area contributed by atoms with Gasteiger partial charge in [-0.2, -0.15) is 5.10 Å². The molecule has 1 aliphatic carbocycles. The number of nitrogens with zero attached hydrogens (tertiary/aromatic N) is 4. The van der Waals surface area contributed by atoms with E-state index in [1.54, 1.807) is 12.1 Å². The van der Waals surface area contributed by atoms with Crippen LogP contribution in [0.2, 0.25) is 0 Å². The number of para-hydroxylation sites is 1. The third-order valence-electron chi connectivity index (χ3n) is 5.61. The van der Waals surface area contributed by atoms with Crippen LogP contribution in [-0.4, -0.2) is 25.4 Å². The molecule has 5 rings (SSSR count). The fourth-order valence-electron chi connectivity index (χ4n) is 3.69. The molecule has 0 radical (unpaired) electrons. The van der Waals surface area contributed by atoms with E-state index >= 15 is 0 Å². The third kappa shape index (κ3) is 4.65. The van der Waals surface area contributed by atoms with Crippen molar-refractivity contribution < 1.29 is 23.2 Å². The van der Waals surface area contributed by atoms with Crippen molar-refractivity contribution in [2.45, 2.75) is 32.1 Å². The normalized spacial score (nSPS) is 13.3. The largest absolute Gasteiger partial charge is 0.457 e. The summed E-state index contributed by atoms with van der Waals surface area (Å²) in [6.07, 6.45) is -1.04. The number of halogens is 2. The van der Waals surface area contributed by atoms with E-state index in [2.05, 4.69) is 15.4 Å². The Hall–Kier alpha value is -4.41. The molecule has 2 heterocycles. The third-order valence-corrected chi connectivity index (χ3v) is 5.61. The molecule has 0 aliphatic heterocycles. The number of nitro benzene ring substituents is 1. The van der Waals surface area contributed by atoms with Crippen molar-refractivity contribution in [2.24, 2.45) is 0 Å². The Bertz CT molecular complexity index is 1470. The van der Waals surface area contributed by atoms with Gasteiger partial charge >= 0.3 is 0 Å². The molecular weight excluding hydrogens is 460 g/mol. The van der Waals surface area contributed by atoms with Gasteiger partial charge in [-0.1, -0.05) is 18.2 Å². The molecule has 0 saturated heterocycles. The van der Waals surface area contributed by atoms with Crippen molar-refractivity contribution in [1.29, 1.82) is 0 Å². The lowest BCUT2D eigenvalue weighted by molar-refractivity contribution is -0.384. The maximum atomic E-state index is 13.6. The SMILES string of the molecule is Cc1ccccc1Oc1cc(NC(=O)c2cc3nc(C4CC4)cc(C(F)F)n3n2)cc([N+](=O)[O-])c1. The number of carbonyl (C=O) groups is 1. The number of hydrogen-bond donors (Lipinski definition) is 1. The zero-order chi connectivity index (χ0) is 24.7. The van der Waals surface area contributed by atoms with E-state index in [1.807, 2.05) is 19.1 Å². The summed E-state index contributed by atoms with van der Waals surface area (Å²) in [5.41, 5.74) is 0.805. The summed E-state index contributed by atoms with van der Waals surface area (Å²) in [7, 11) is 0. The zero-order valence-electron chi connectivity index (χ0n) is 18.4. The molecule has 2 aromatic carbocycles. The summed E-state index contributed by atoms with van der Waals surface area (Å²) < 4.78 is 34.0. The van der Waals surface area contributed by atoms with Gasteiger partial charge in [0, 0.05) is 29.8 Å². The van der Waals surface area contributed by atoms with E-state index in [9.17, 15) is 23.7 Å². The van der Waals surface area contributed by atoms with Crippen molar-refractivity contribution in [2.75, 3.05) is 5.32 Å². The van der Waals surface area contributed by atoms with Crippen LogP contribution in [0.4, 0.5) is 20.2 Å². The van der Waals surface area contributed by atoms with Crippen LogP contribution in [0.15, 0.2) is 54.6 Å². The number of benzene rings is 2. The van der Waals surface area contributed by atoms with E-state index < -0.39 is 17.3 Å². The number of aromatic nitrogens is 3. The topological polar surface area (TPSA) is 112 Å². The second-order valence-corrected chi connectivity index (χ2v) is 8.27. The Labute approximate surface area is 197 Å². The van der Waals surface area contributed by atoms with E-state index in [0.717, 1.165) is 22.9 Å². The van der Waals surface area contributed by atoms with E-state index in [4.69, 9.17) is 4.74 Å². The number of nitrogens with one attached hydrogen (secondary N) is 1. The number of carbonyl (C=O) groups excluding carboxylic acids is 1. The van der Waals surface area contributed by atoms with Crippen LogP contribution < -0.4 is 10.1 Å². The molecule has 1 amide bonds. The Morgan fingerprint density at radius 1 is 1.20 bits per heavy atom. The van der Waals surface area contributed by atoms with Gasteiger partial charge < -0.3 is 10.1 Å². The van der Waals surface area contributed by atoms with Gasteiger partial charge in [-0.05, 0) is 37.5 Å². The highest BCUT2D eigenvalue weighted by Crippen LogP contribution is 2.40. The van der Waals surface area contributed by atoms with Gasteiger partial charge in [0.2, 0.25) is 0 Å². The number of anilines is 1. The zero-order valence-corrected chi connectivity index (χ0v) is 18.4. The van der Waals surface area contributed by atoms with E-state index in [1.165, 1.54) is 30.3 Å². The minimum absolute atomic E-state index is 0.0885. The Morgan fingerprint density at radius 3 is 2.66 bits per heavy atom. The summed E-state index contributed by atoms with van der Waals surface area (Å²) in [5, 5.41) is 18.0. The first-order valence-electron chi connectivity index (χ1n) is 10.8. The van der Waals surface area contributed by atoms with Gasteiger partial charge in [-0.3, -0.25) is 14.9 Å². The molecule has 11 heteroatoms. The predicted molar refractivity (Wildman–Crippen MR) is 122 cm³/mol. The molecular formula is C24H19F2N5O4. The minimum atomic E-state index is -2.80. The van der Waals surface area contributed by atoms with E-state index in [0.29, 0.717) is 11.4 Å². The fraction of sp³-hybridized carbons (Fsp3) is 0.208. The molecule has 0 atom stereocenters. The first-order chi connectivity index (χ1) is 16.8. The van der Waals surface area contributed by atoms with Crippen LogP contribution >= 0.6 is 0 Å². The molecule has 1 N–H and O–H groups in total. The number of rotatable bonds is 7. The predicted octanol–water partition coefficient (Wildman–Crippen LogP) is 5.81. The van der Waals surface area contributed by atoms with Gasteiger partial charge in [0.15, 0.2) is 11.3 Å². The number of alkyl halides is 2. The van der Waals surface area contributed by atoms with Crippen molar-refractivity contribution in [3.05, 3.63) is 87.4 Å². The van der Waals surface area contributed by atoms with Crippen molar-refractivity contribution in [3.8, 4) is 11.5 Å². The van der Waals surface area contributed by atoms with Gasteiger partial charge in [-0.25, -0.2) is 18.3 Å². The molecule has 0 spiro atoms. The molecule has 178 valence electrons. The lowest BCUT2D eigenvalue weighted by Gasteiger charge is -2.10. The average molecular weight is 479 g/mol. The molecule has 4 aromatic rings. The lowest BCUT2D eigenvalue weighted by Crippen LogP contribution is -2.13. The number of aryl methyl sites for hydroxylation is 1. The second-order valence-electron chi connectivity index (χ2n) is 8.27. The average Bonchev–Trinajstić information content (AvgIpc) is 3.58. The molecule has 1 fully saturated rings. The highest BCUT2D eigenvalue weighted by molar-refractivity contribution is 6.03. The van der Waals surface area contributed by atoms with Crippen LogP contribution in [0, 0.1) is 17.0 Å². The maximum Gasteiger partial charge on any atom is 0.280 e. The van der Waals surface area contributed by atoms with Crippen LogP contribution in [-0.2, 0) is 0 Å². The number of nitro groups is 1. The molecule has 2 aromatic heterocycles. The number of ether oxygens (including phenoxy) is 1. The van der Waals surface area contributed by atoms with Crippen molar-refractivity contribution in [3.63, 3.8) is 0 Å². The summed E-state index contributed by atoms with van der Waals surface area (Å²) in [4.78, 5) is 28.1.